The Morgan fingerprint density at radius 1 is 1.07 bits per heavy atom. The molecule has 0 bridgehead atoms. The molecule has 27 heavy (non-hydrogen) atoms. The van der Waals surface area contributed by atoms with Gasteiger partial charge in [0.2, 0.25) is 5.91 Å². The topological polar surface area (TPSA) is 55.4 Å². The quantitative estimate of drug-likeness (QED) is 0.615. The van der Waals surface area contributed by atoms with Crippen molar-refractivity contribution in [3.8, 4) is 0 Å². The highest BCUT2D eigenvalue weighted by molar-refractivity contribution is 5.85. The molecule has 144 valence electrons. The lowest BCUT2D eigenvalue weighted by Gasteiger charge is -2.19. The molecule has 2 aromatic rings. The van der Waals surface area contributed by atoms with Gasteiger partial charge in [-0.15, -0.1) is 0 Å². The fourth-order valence-electron chi connectivity index (χ4n) is 2.56. The lowest BCUT2D eigenvalue weighted by atomic mass is 9.99. The minimum absolute atomic E-state index is 0.137. The molecule has 1 N–H and O–H groups in total. The van der Waals surface area contributed by atoms with Crippen molar-refractivity contribution >= 4 is 11.9 Å². The van der Waals surface area contributed by atoms with Crippen molar-refractivity contribution in [1.82, 2.24) is 5.32 Å². The van der Waals surface area contributed by atoms with Gasteiger partial charge >= 0.3 is 12.1 Å². The number of nitrogens with one attached hydrogen (secondary N) is 1. The number of hydrogen-bond acceptors (Lipinski definition) is 3. The normalized spacial score (nSPS) is 12.3. The van der Waals surface area contributed by atoms with E-state index < -0.39 is 35.5 Å². The molecular weight excluding hydrogens is 366 g/mol. The highest BCUT2D eigenvalue weighted by atomic mass is 19.4. The van der Waals surface area contributed by atoms with Crippen molar-refractivity contribution < 1.29 is 31.9 Å². The summed E-state index contributed by atoms with van der Waals surface area (Å²) >= 11 is 0. The van der Waals surface area contributed by atoms with E-state index in [0.717, 1.165) is 13.2 Å². The van der Waals surface area contributed by atoms with E-state index in [-0.39, 0.29) is 18.4 Å². The summed E-state index contributed by atoms with van der Waals surface area (Å²) < 4.78 is 56.9. The van der Waals surface area contributed by atoms with Gasteiger partial charge in [0.25, 0.3) is 0 Å². The second-order valence-electron chi connectivity index (χ2n) is 5.81. The minimum atomic E-state index is -4.59. The Morgan fingerprint density at radius 2 is 1.70 bits per heavy atom. The summed E-state index contributed by atoms with van der Waals surface area (Å²) in [6.45, 7) is 0. The van der Waals surface area contributed by atoms with E-state index in [4.69, 9.17) is 0 Å². The Labute approximate surface area is 153 Å². The van der Waals surface area contributed by atoms with Crippen LogP contribution >= 0.6 is 0 Å². The standard InChI is InChI=1S/C19H17F4NO3/c1-27-18(26)16(11-13-4-2-3-5-15(13)19(21,22)23)24-17(25)10-12-6-8-14(20)9-7-12/h2-9,16H,10-11H2,1H3,(H,24,25)/t16-/m1/s1. The molecule has 2 aromatic carbocycles. The summed E-state index contributed by atoms with van der Waals surface area (Å²) in [5.74, 6) is -1.92. The summed E-state index contributed by atoms with van der Waals surface area (Å²) in [5, 5.41) is 2.38. The van der Waals surface area contributed by atoms with Gasteiger partial charge in [-0.3, -0.25) is 4.79 Å². The van der Waals surface area contributed by atoms with Crippen LogP contribution in [0, 0.1) is 5.82 Å². The fourth-order valence-corrected chi connectivity index (χ4v) is 2.56. The lowest BCUT2D eigenvalue weighted by Crippen LogP contribution is -2.44. The van der Waals surface area contributed by atoms with E-state index in [2.05, 4.69) is 10.1 Å². The van der Waals surface area contributed by atoms with E-state index in [1.54, 1.807) is 0 Å². The van der Waals surface area contributed by atoms with E-state index in [9.17, 15) is 27.2 Å². The van der Waals surface area contributed by atoms with Crippen molar-refractivity contribution in [2.75, 3.05) is 7.11 Å². The van der Waals surface area contributed by atoms with Crippen molar-refractivity contribution in [3.05, 3.63) is 71.0 Å². The molecule has 2 rings (SSSR count). The monoisotopic (exact) mass is 383 g/mol. The van der Waals surface area contributed by atoms with Gasteiger partial charge in [0.05, 0.1) is 19.1 Å². The second kappa shape index (κ2) is 8.66. The van der Waals surface area contributed by atoms with E-state index in [0.29, 0.717) is 5.56 Å². The summed E-state index contributed by atoms with van der Waals surface area (Å²) in [5.41, 5.74) is -0.526. The highest BCUT2D eigenvalue weighted by Crippen LogP contribution is 2.32. The third-order valence-corrected chi connectivity index (χ3v) is 3.85. The predicted molar refractivity (Wildman–Crippen MR) is 89.2 cm³/mol. The summed E-state index contributed by atoms with van der Waals surface area (Å²) in [6.07, 6.45) is -5.12. The number of alkyl halides is 3. The first-order chi connectivity index (χ1) is 12.7. The van der Waals surface area contributed by atoms with Crippen molar-refractivity contribution in [2.24, 2.45) is 0 Å². The molecule has 8 heteroatoms. The summed E-state index contributed by atoms with van der Waals surface area (Å²) in [7, 11) is 1.08. The van der Waals surface area contributed by atoms with Crippen LogP contribution in [0.5, 0.6) is 0 Å². The zero-order chi connectivity index (χ0) is 20.0. The maximum absolute atomic E-state index is 13.1. The molecule has 0 saturated carbocycles. The number of methoxy groups -OCH3 is 1. The van der Waals surface area contributed by atoms with Gasteiger partial charge in [0, 0.05) is 6.42 Å². The first-order valence-electron chi connectivity index (χ1n) is 7.97. The third kappa shape index (κ3) is 5.80. The Hall–Kier alpha value is -2.90. The van der Waals surface area contributed by atoms with Crippen LogP contribution in [0.1, 0.15) is 16.7 Å². The van der Waals surface area contributed by atoms with Crippen LogP contribution < -0.4 is 5.32 Å². The molecule has 1 amide bonds. The van der Waals surface area contributed by atoms with Gasteiger partial charge in [0.1, 0.15) is 11.9 Å². The average molecular weight is 383 g/mol. The number of carbonyl (C=O) groups excluding carboxylic acids is 2. The smallest absolute Gasteiger partial charge is 0.416 e. The van der Waals surface area contributed by atoms with Crippen LogP contribution in [0.15, 0.2) is 48.5 Å². The van der Waals surface area contributed by atoms with Crippen molar-refractivity contribution in [3.63, 3.8) is 0 Å². The van der Waals surface area contributed by atoms with Gasteiger partial charge in [-0.25, -0.2) is 9.18 Å². The molecule has 0 saturated heterocycles. The Morgan fingerprint density at radius 3 is 2.30 bits per heavy atom. The minimum Gasteiger partial charge on any atom is -0.467 e. The van der Waals surface area contributed by atoms with Gasteiger partial charge < -0.3 is 10.1 Å². The largest absolute Gasteiger partial charge is 0.467 e. The van der Waals surface area contributed by atoms with E-state index >= 15 is 0 Å². The molecule has 0 radical (unpaired) electrons. The number of ether oxygens (including phenoxy) is 1. The fraction of sp³-hybridized carbons (Fsp3) is 0.263. The predicted octanol–water partition coefficient (Wildman–Crippen LogP) is 3.29. The Bertz CT molecular complexity index is 803. The number of amides is 1. The lowest BCUT2D eigenvalue weighted by molar-refractivity contribution is -0.145. The zero-order valence-electron chi connectivity index (χ0n) is 14.3. The summed E-state index contributed by atoms with van der Waals surface area (Å²) in [6, 6.07) is 8.69. The molecule has 0 aliphatic rings. The van der Waals surface area contributed by atoms with Gasteiger partial charge in [0.15, 0.2) is 0 Å². The van der Waals surface area contributed by atoms with Crippen LogP contribution in [-0.4, -0.2) is 25.0 Å². The van der Waals surface area contributed by atoms with E-state index in [1.807, 2.05) is 0 Å². The number of benzene rings is 2. The molecule has 1 atom stereocenters. The van der Waals surface area contributed by atoms with Crippen molar-refractivity contribution in [2.45, 2.75) is 25.1 Å². The van der Waals surface area contributed by atoms with Crippen LogP contribution in [-0.2, 0) is 33.3 Å². The molecular formula is C19H17F4NO3. The molecule has 0 fully saturated rings. The molecule has 0 aromatic heterocycles. The first-order valence-corrected chi connectivity index (χ1v) is 7.97. The molecule has 0 heterocycles. The van der Waals surface area contributed by atoms with Crippen LogP contribution in [0.4, 0.5) is 17.6 Å². The molecule has 0 aliphatic carbocycles. The molecule has 0 aliphatic heterocycles. The molecule has 4 nitrogen and oxygen atoms in total. The third-order valence-electron chi connectivity index (χ3n) is 3.85. The van der Waals surface area contributed by atoms with Gasteiger partial charge in [-0.05, 0) is 29.3 Å². The first kappa shape index (κ1) is 20.4. The Balaban J connectivity index is 2.15. The maximum Gasteiger partial charge on any atom is 0.416 e. The highest BCUT2D eigenvalue weighted by Gasteiger charge is 2.34. The number of carbonyl (C=O) groups is 2. The second-order valence-corrected chi connectivity index (χ2v) is 5.81. The average Bonchev–Trinajstić information content (AvgIpc) is 2.62. The number of halogens is 4. The van der Waals surface area contributed by atoms with Gasteiger partial charge in [-0.1, -0.05) is 30.3 Å². The van der Waals surface area contributed by atoms with Crippen LogP contribution in [0.25, 0.3) is 0 Å². The molecule has 0 unspecified atom stereocenters. The number of esters is 1. The summed E-state index contributed by atoms with van der Waals surface area (Å²) in [4.78, 5) is 24.1. The molecule has 0 spiro atoms. The van der Waals surface area contributed by atoms with E-state index in [1.165, 1.54) is 42.5 Å². The number of hydrogen-bond donors (Lipinski definition) is 1. The zero-order valence-corrected chi connectivity index (χ0v) is 14.3. The van der Waals surface area contributed by atoms with Crippen molar-refractivity contribution in [1.29, 1.82) is 0 Å². The Kier molecular flexibility index (Phi) is 6.55. The SMILES string of the molecule is COC(=O)[C@@H](Cc1ccccc1C(F)(F)F)NC(=O)Cc1ccc(F)cc1. The number of rotatable bonds is 6. The van der Waals surface area contributed by atoms with Crippen LogP contribution in [0.2, 0.25) is 0 Å². The van der Waals surface area contributed by atoms with Crippen LogP contribution in [0.3, 0.4) is 0 Å². The van der Waals surface area contributed by atoms with Gasteiger partial charge in [-0.2, -0.15) is 13.2 Å². The maximum atomic E-state index is 13.1.